The molecule has 1 unspecified atom stereocenters. The minimum atomic E-state index is -0.962. The van der Waals surface area contributed by atoms with Gasteiger partial charge in [0, 0.05) is 25.3 Å². The van der Waals surface area contributed by atoms with Crippen LogP contribution in [0.4, 0.5) is 8.78 Å². The van der Waals surface area contributed by atoms with Gasteiger partial charge in [-0.2, -0.15) is 0 Å². The van der Waals surface area contributed by atoms with Gasteiger partial charge in [0.1, 0.15) is 11.4 Å². The zero-order valence-corrected chi connectivity index (χ0v) is 9.51. The van der Waals surface area contributed by atoms with Crippen LogP contribution in [0.15, 0.2) is 12.1 Å². The number of hydrogen-bond donors (Lipinski definition) is 1. The smallest absolute Gasteiger partial charge is 0.162 e. The first kappa shape index (κ1) is 12.9. The summed E-state index contributed by atoms with van der Waals surface area (Å²) < 4.78 is 36.4. The third-order valence-electron chi connectivity index (χ3n) is 2.65. The Labute approximate surface area is 93.2 Å². The van der Waals surface area contributed by atoms with E-state index in [1.54, 1.807) is 6.92 Å². The molecule has 16 heavy (non-hydrogen) atoms. The lowest BCUT2D eigenvalue weighted by Gasteiger charge is -2.28. The maximum atomic E-state index is 13.2. The second-order valence-corrected chi connectivity index (χ2v) is 3.61. The quantitative estimate of drug-likeness (QED) is 0.859. The molecule has 90 valence electrons. The van der Waals surface area contributed by atoms with Gasteiger partial charge in [-0.3, -0.25) is 0 Å². The summed E-state index contributed by atoms with van der Waals surface area (Å²) in [5.41, 5.74) is 5.05. The van der Waals surface area contributed by atoms with Crippen molar-refractivity contribution in [3.8, 4) is 5.75 Å². The van der Waals surface area contributed by atoms with Gasteiger partial charge in [-0.05, 0) is 13.0 Å². The van der Waals surface area contributed by atoms with Crippen LogP contribution in [0.25, 0.3) is 0 Å². The molecule has 0 aliphatic carbocycles. The minimum Gasteiger partial charge on any atom is -0.496 e. The van der Waals surface area contributed by atoms with Gasteiger partial charge in [0.15, 0.2) is 11.6 Å². The summed E-state index contributed by atoms with van der Waals surface area (Å²) >= 11 is 0. The van der Waals surface area contributed by atoms with Gasteiger partial charge in [-0.25, -0.2) is 8.78 Å². The summed E-state index contributed by atoms with van der Waals surface area (Å²) in [6.07, 6.45) is 0. The van der Waals surface area contributed by atoms with Gasteiger partial charge < -0.3 is 15.2 Å². The zero-order valence-electron chi connectivity index (χ0n) is 9.51. The molecular weight excluding hydrogens is 216 g/mol. The van der Waals surface area contributed by atoms with Gasteiger partial charge in [0.25, 0.3) is 0 Å². The Morgan fingerprint density at radius 1 is 1.25 bits per heavy atom. The van der Waals surface area contributed by atoms with Gasteiger partial charge in [-0.15, -0.1) is 0 Å². The van der Waals surface area contributed by atoms with E-state index in [1.165, 1.54) is 14.2 Å². The van der Waals surface area contributed by atoms with E-state index in [9.17, 15) is 8.78 Å². The summed E-state index contributed by atoms with van der Waals surface area (Å²) in [6.45, 7) is 1.81. The van der Waals surface area contributed by atoms with Crippen LogP contribution in [0.5, 0.6) is 5.75 Å². The zero-order chi connectivity index (χ0) is 12.3. The molecule has 3 nitrogen and oxygen atoms in total. The molecule has 1 rings (SSSR count). The van der Waals surface area contributed by atoms with Crippen molar-refractivity contribution in [3.05, 3.63) is 29.3 Å². The Bertz CT molecular complexity index is 378. The van der Waals surface area contributed by atoms with Gasteiger partial charge in [0.2, 0.25) is 0 Å². The van der Waals surface area contributed by atoms with Crippen LogP contribution in [-0.4, -0.2) is 20.8 Å². The number of rotatable bonds is 4. The normalized spacial score (nSPS) is 14.6. The molecule has 0 spiro atoms. The second kappa shape index (κ2) is 4.76. The fourth-order valence-corrected chi connectivity index (χ4v) is 1.41. The molecule has 0 saturated carbocycles. The number of benzene rings is 1. The van der Waals surface area contributed by atoms with E-state index >= 15 is 0 Å². The topological polar surface area (TPSA) is 44.5 Å². The van der Waals surface area contributed by atoms with Crippen molar-refractivity contribution in [2.45, 2.75) is 12.5 Å². The minimum absolute atomic E-state index is 0.130. The van der Waals surface area contributed by atoms with E-state index in [-0.39, 0.29) is 12.3 Å². The third kappa shape index (κ3) is 2.15. The van der Waals surface area contributed by atoms with Gasteiger partial charge in [-0.1, -0.05) is 0 Å². The van der Waals surface area contributed by atoms with E-state index in [0.717, 1.165) is 12.1 Å². The largest absolute Gasteiger partial charge is 0.496 e. The Balaban J connectivity index is 3.36. The van der Waals surface area contributed by atoms with Crippen molar-refractivity contribution in [1.82, 2.24) is 0 Å². The standard InChI is InChI=1S/C11H15F2NO2/c1-11(6-14,16-3)7-4-8(12)9(13)5-10(7)15-2/h4-5H,6,14H2,1-3H3. The first-order valence-electron chi connectivity index (χ1n) is 4.77. The fourth-order valence-electron chi connectivity index (χ4n) is 1.41. The molecular formula is C11H15F2NO2. The first-order valence-corrected chi connectivity index (χ1v) is 4.77. The van der Waals surface area contributed by atoms with Crippen LogP contribution in [0.3, 0.4) is 0 Å². The van der Waals surface area contributed by atoms with Crippen LogP contribution < -0.4 is 10.5 Å². The third-order valence-corrected chi connectivity index (χ3v) is 2.65. The van der Waals surface area contributed by atoms with E-state index in [1.807, 2.05) is 0 Å². The van der Waals surface area contributed by atoms with Crippen molar-refractivity contribution in [3.63, 3.8) is 0 Å². The predicted molar refractivity (Wildman–Crippen MR) is 56.3 cm³/mol. The molecule has 5 heteroatoms. The van der Waals surface area contributed by atoms with Crippen molar-refractivity contribution < 1.29 is 18.3 Å². The summed E-state index contributed by atoms with van der Waals surface area (Å²) in [5.74, 6) is -1.70. The number of ether oxygens (including phenoxy) is 2. The highest BCUT2D eigenvalue weighted by molar-refractivity contribution is 5.39. The summed E-state index contributed by atoms with van der Waals surface area (Å²) in [6, 6.07) is 2.03. The summed E-state index contributed by atoms with van der Waals surface area (Å²) in [5, 5.41) is 0. The van der Waals surface area contributed by atoms with E-state index in [2.05, 4.69) is 0 Å². The van der Waals surface area contributed by atoms with Crippen LogP contribution in [0, 0.1) is 11.6 Å². The molecule has 0 bridgehead atoms. The molecule has 0 saturated heterocycles. The molecule has 0 heterocycles. The fraction of sp³-hybridized carbons (Fsp3) is 0.455. The molecule has 0 fully saturated rings. The van der Waals surface area contributed by atoms with Crippen LogP contribution >= 0.6 is 0 Å². The monoisotopic (exact) mass is 231 g/mol. The lowest BCUT2D eigenvalue weighted by atomic mass is 9.94. The van der Waals surface area contributed by atoms with Gasteiger partial charge >= 0.3 is 0 Å². The maximum absolute atomic E-state index is 13.2. The molecule has 1 aromatic carbocycles. The first-order chi connectivity index (χ1) is 7.48. The van der Waals surface area contributed by atoms with Crippen molar-refractivity contribution >= 4 is 0 Å². The molecule has 0 aliphatic rings. The van der Waals surface area contributed by atoms with Gasteiger partial charge in [0.05, 0.1) is 7.11 Å². The maximum Gasteiger partial charge on any atom is 0.162 e. The Morgan fingerprint density at radius 3 is 2.25 bits per heavy atom. The molecule has 0 amide bonds. The summed E-state index contributed by atoms with van der Waals surface area (Å²) in [7, 11) is 2.83. The second-order valence-electron chi connectivity index (χ2n) is 3.61. The molecule has 1 aromatic rings. The average molecular weight is 231 g/mol. The predicted octanol–water partition coefficient (Wildman–Crippen LogP) is 1.79. The molecule has 1 atom stereocenters. The van der Waals surface area contributed by atoms with Crippen LogP contribution in [0.2, 0.25) is 0 Å². The highest BCUT2D eigenvalue weighted by Gasteiger charge is 2.29. The van der Waals surface area contributed by atoms with Crippen molar-refractivity contribution in [2.24, 2.45) is 5.73 Å². The molecule has 0 aliphatic heterocycles. The summed E-state index contributed by atoms with van der Waals surface area (Å²) in [4.78, 5) is 0. The number of methoxy groups -OCH3 is 2. The molecule has 2 N–H and O–H groups in total. The lowest BCUT2D eigenvalue weighted by molar-refractivity contribution is 0.00786. The number of hydrogen-bond acceptors (Lipinski definition) is 3. The molecule has 0 aromatic heterocycles. The van der Waals surface area contributed by atoms with Crippen LogP contribution in [-0.2, 0) is 10.3 Å². The van der Waals surface area contributed by atoms with E-state index < -0.39 is 17.2 Å². The lowest BCUT2D eigenvalue weighted by Crippen LogP contribution is -2.34. The van der Waals surface area contributed by atoms with E-state index in [4.69, 9.17) is 15.2 Å². The highest BCUT2D eigenvalue weighted by Crippen LogP contribution is 2.33. The average Bonchev–Trinajstić information content (AvgIpc) is 2.31. The number of halogens is 2. The van der Waals surface area contributed by atoms with Crippen LogP contribution in [0.1, 0.15) is 12.5 Å². The van der Waals surface area contributed by atoms with Crippen molar-refractivity contribution in [2.75, 3.05) is 20.8 Å². The highest BCUT2D eigenvalue weighted by atomic mass is 19.2. The number of nitrogens with two attached hydrogens (primary N) is 1. The van der Waals surface area contributed by atoms with E-state index in [0.29, 0.717) is 5.56 Å². The van der Waals surface area contributed by atoms with Crippen molar-refractivity contribution in [1.29, 1.82) is 0 Å². The Kier molecular flexibility index (Phi) is 3.83. The Hall–Kier alpha value is -1.20. The SMILES string of the molecule is COc1cc(F)c(F)cc1C(C)(CN)OC. The molecule has 0 radical (unpaired) electrons. The Morgan fingerprint density at radius 2 is 1.81 bits per heavy atom.